The van der Waals surface area contributed by atoms with Crippen LogP contribution >= 0.6 is 0 Å². The second-order valence-electron chi connectivity index (χ2n) is 4.48. The van der Waals surface area contributed by atoms with Gasteiger partial charge in [-0.25, -0.2) is 4.98 Å². The number of aliphatic hydroxyl groups excluding tert-OH is 1. The van der Waals surface area contributed by atoms with Gasteiger partial charge in [0, 0.05) is 18.9 Å². The van der Waals surface area contributed by atoms with Gasteiger partial charge in [-0.1, -0.05) is 0 Å². The second-order valence-corrected chi connectivity index (χ2v) is 4.48. The van der Waals surface area contributed by atoms with Crippen molar-refractivity contribution in [3.63, 3.8) is 0 Å². The zero-order chi connectivity index (χ0) is 12.1. The number of nitrogens with one attached hydrogen (secondary N) is 1. The predicted molar refractivity (Wildman–Crippen MR) is 62.3 cm³/mol. The number of aliphatic hydroxyl groups is 1. The molecule has 5 nitrogen and oxygen atoms in total. The molecule has 0 saturated heterocycles. The lowest BCUT2D eigenvalue weighted by Crippen LogP contribution is -2.32. The van der Waals surface area contributed by atoms with Gasteiger partial charge in [-0.15, -0.1) is 0 Å². The minimum Gasteiger partial charge on any atom is -0.393 e. The minimum absolute atomic E-state index is 0.151. The van der Waals surface area contributed by atoms with Gasteiger partial charge in [-0.3, -0.25) is 9.78 Å². The van der Waals surface area contributed by atoms with Crippen molar-refractivity contribution in [1.29, 1.82) is 0 Å². The Morgan fingerprint density at radius 1 is 1.35 bits per heavy atom. The Hall–Kier alpha value is -1.49. The van der Waals surface area contributed by atoms with E-state index in [0.717, 1.165) is 25.7 Å². The van der Waals surface area contributed by atoms with Crippen molar-refractivity contribution in [2.24, 2.45) is 5.92 Å². The van der Waals surface area contributed by atoms with E-state index in [1.54, 1.807) is 6.20 Å². The van der Waals surface area contributed by atoms with Crippen LogP contribution in [0.1, 0.15) is 36.2 Å². The van der Waals surface area contributed by atoms with Crippen LogP contribution in [0.4, 0.5) is 0 Å². The summed E-state index contributed by atoms with van der Waals surface area (Å²) in [6.45, 7) is 0.655. The Kier molecular flexibility index (Phi) is 4.03. The van der Waals surface area contributed by atoms with Crippen LogP contribution in [0.5, 0.6) is 0 Å². The second kappa shape index (κ2) is 5.72. The van der Waals surface area contributed by atoms with E-state index in [2.05, 4.69) is 15.3 Å². The summed E-state index contributed by atoms with van der Waals surface area (Å²) < 4.78 is 0. The number of hydrogen-bond acceptors (Lipinski definition) is 4. The average Bonchev–Trinajstić information content (AvgIpc) is 2.39. The molecule has 1 aliphatic carbocycles. The summed E-state index contributed by atoms with van der Waals surface area (Å²) in [6.07, 6.45) is 7.98. The average molecular weight is 235 g/mol. The fourth-order valence-electron chi connectivity index (χ4n) is 2.09. The highest BCUT2D eigenvalue weighted by Crippen LogP contribution is 2.23. The number of nitrogens with zero attached hydrogens (tertiary/aromatic N) is 2. The summed E-state index contributed by atoms with van der Waals surface area (Å²) in [4.78, 5) is 19.5. The molecule has 0 atom stereocenters. The number of carbonyl (C=O) groups excluding carboxylic acids is 1. The summed E-state index contributed by atoms with van der Waals surface area (Å²) in [5.74, 6) is 0.295. The van der Waals surface area contributed by atoms with E-state index in [1.807, 2.05) is 0 Å². The zero-order valence-electron chi connectivity index (χ0n) is 9.67. The van der Waals surface area contributed by atoms with Crippen molar-refractivity contribution in [1.82, 2.24) is 15.3 Å². The van der Waals surface area contributed by atoms with Crippen LogP contribution in [0.25, 0.3) is 0 Å². The summed E-state index contributed by atoms with van der Waals surface area (Å²) in [5.41, 5.74) is 0.350. The van der Waals surface area contributed by atoms with E-state index >= 15 is 0 Å². The number of rotatable bonds is 3. The first kappa shape index (κ1) is 12.0. The lowest BCUT2D eigenvalue weighted by atomic mass is 9.87. The van der Waals surface area contributed by atoms with Crippen LogP contribution < -0.4 is 5.32 Å². The lowest BCUT2D eigenvalue weighted by Gasteiger charge is -2.25. The Morgan fingerprint density at radius 2 is 2.12 bits per heavy atom. The van der Waals surface area contributed by atoms with Gasteiger partial charge < -0.3 is 10.4 Å². The molecule has 2 rings (SSSR count). The van der Waals surface area contributed by atoms with E-state index < -0.39 is 0 Å². The summed E-state index contributed by atoms with van der Waals surface area (Å²) in [5, 5.41) is 12.2. The maximum absolute atomic E-state index is 11.7. The van der Waals surface area contributed by atoms with E-state index in [0.29, 0.717) is 18.2 Å². The summed E-state index contributed by atoms with van der Waals surface area (Å²) in [6, 6.07) is 0. The third kappa shape index (κ3) is 3.49. The third-order valence-corrected chi connectivity index (χ3v) is 3.16. The van der Waals surface area contributed by atoms with Gasteiger partial charge in [0.15, 0.2) is 0 Å². The molecule has 1 aliphatic rings. The van der Waals surface area contributed by atoms with E-state index in [4.69, 9.17) is 0 Å². The molecule has 1 aromatic rings. The minimum atomic E-state index is -0.177. The highest BCUT2D eigenvalue weighted by atomic mass is 16.3. The molecule has 5 heteroatoms. The smallest absolute Gasteiger partial charge is 0.271 e. The molecule has 1 fully saturated rings. The monoisotopic (exact) mass is 235 g/mol. The van der Waals surface area contributed by atoms with Crippen molar-refractivity contribution in [2.75, 3.05) is 6.54 Å². The Morgan fingerprint density at radius 3 is 2.76 bits per heavy atom. The van der Waals surface area contributed by atoms with Crippen LogP contribution in [0.3, 0.4) is 0 Å². The van der Waals surface area contributed by atoms with Crippen LogP contribution in [-0.4, -0.2) is 33.6 Å². The SMILES string of the molecule is O=C(NCC1CCC(O)CC1)c1cnccn1. The first-order valence-corrected chi connectivity index (χ1v) is 5.98. The molecule has 0 aromatic carbocycles. The molecule has 1 aromatic heterocycles. The van der Waals surface area contributed by atoms with Crippen molar-refractivity contribution in [3.8, 4) is 0 Å². The van der Waals surface area contributed by atoms with Crippen molar-refractivity contribution in [3.05, 3.63) is 24.3 Å². The molecule has 17 heavy (non-hydrogen) atoms. The topological polar surface area (TPSA) is 75.1 Å². The standard InChI is InChI=1S/C12H17N3O2/c16-10-3-1-9(2-4-10)7-15-12(17)11-8-13-5-6-14-11/h5-6,8-10,16H,1-4,7H2,(H,15,17). The maximum Gasteiger partial charge on any atom is 0.271 e. The molecule has 0 spiro atoms. The van der Waals surface area contributed by atoms with E-state index in [-0.39, 0.29) is 12.0 Å². The lowest BCUT2D eigenvalue weighted by molar-refractivity contribution is 0.0905. The number of aromatic nitrogens is 2. The molecule has 92 valence electrons. The van der Waals surface area contributed by atoms with Crippen molar-refractivity contribution >= 4 is 5.91 Å². The van der Waals surface area contributed by atoms with Crippen LogP contribution in [0.2, 0.25) is 0 Å². The molecule has 2 N–H and O–H groups in total. The fourth-order valence-corrected chi connectivity index (χ4v) is 2.09. The van der Waals surface area contributed by atoms with Gasteiger partial charge in [0.1, 0.15) is 5.69 Å². The summed E-state index contributed by atoms with van der Waals surface area (Å²) >= 11 is 0. The van der Waals surface area contributed by atoms with Crippen molar-refractivity contribution < 1.29 is 9.90 Å². The third-order valence-electron chi connectivity index (χ3n) is 3.16. The molecule has 0 radical (unpaired) electrons. The van der Waals surface area contributed by atoms with Gasteiger partial charge in [0.2, 0.25) is 0 Å². The molecular formula is C12H17N3O2. The zero-order valence-corrected chi connectivity index (χ0v) is 9.67. The van der Waals surface area contributed by atoms with Crippen LogP contribution in [-0.2, 0) is 0 Å². The molecule has 0 aliphatic heterocycles. The largest absolute Gasteiger partial charge is 0.393 e. The number of carbonyl (C=O) groups is 1. The fraction of sp³-hybridized carbons (Fsp3) is 0.583. The Bertz CT molecular complexity index is 361. The van der Waals surface area contributed by atoms with Gasteiger partial charge in [-0.2, -0.15) is 0 Å². The van der Waals surface area contributed by atoms with Gasteiger partial charge in [0.25, 0.3) is 5.91 Å². The number of amides is 1. The van der Waals surface area contributed by atoms with Crippen LogP contribution in [0, 0.1) is 5.92 Å². The number of hydrogen-bond donors (Lipinski definition) is 2. The normalized spacial score (nSPS) is 24.3. The molecule has 0 bridgehead atoms. The summed E-state index contributed by atoms with van der Waals surface area (Å²) in [7, 11) is 0. The molecule has 1 heterocycles. The molecule has 1 amide bonds. The Labute approximate surface area is 100 Å². The predicted octanol–water partition coefficient (Wildman–Crippen LogP) is 0.757. The molecule has 1 saturated carbocycles. The molecule has 0 unspecified atom stereocenters. The highest BCUT2D eigenvalue weighted by Gasteiger charge is 2.20. The highest BCUT2D eigenvalue weighted by molar-refractivity contribution is 5.91. The van der Waals surface area contributed by atoms with Gasteiger partial charge >= 0.3 is 0 Å². The first-order valence-electron chi connectivity index (χ1n) is 5.98. The molecular weight excluding hydrogens is 218 g/mol. The first-order chi connectivity index (χ1) is 8.25. The van der Waals surface area contributed by atoms with E-state index in [1.165, 1.54) is 12.4 Å². The quantitative estimate of drug-likeness (QED) is 0.811. The van der Waals surface area contributed by atoms with E-state index in [9.17, 15) is 9.90 Å². The van der Waals surface area contributed by atoms with Gasteiger partial charge in [-0.05, 0) is 31.6 Å². The Balaban J connectivity index is 1.77. The van der Waals surface area contributed by atoms with Crippen LogP contribution in [0.15, 0.2) is 18.6 Å². The maximum atomic E-state index is 11.7. The van der Waals surface area contributed by atoms with Gasteiger partial charge in [0.05, 0.1) is 12.3 Å². The van der Waals surface area contributed by atoms with Crippen molar-refractivity contribution in [2.45, 2.75) is 31.8 Å².